The lowest BCUT2D eigenvalue weighted by molar-refractivity contribution is -0.121. The molecule has 0 aliphatic carbocycles. The summed E-state index contributed by atoms with van der Waals surface area (Å²) in [6, 6.07) is 11.5. The number of nitrogens with one attached hydrogen (secondary N) is 2. The molecular weight excluding hydrogens is 418 g/mol. The lowest BCUT2D eigenvalue weighted by Gasteiger charge is -2.29. The molecule has 0 radical (unpaired) electrons. The Hall–Kier alpha value is -3.22. The number of amides is 3. The molecule has 2 rings (SSSR count). The molecule has 2 aromatic carbocycles. The molecule has 2 aromatic rings. The number of ether oxygens (including phenoxy) is 2. The first kappa shape index (κ1) is 26.0. The zero-order chi connectivity index (χ0) is 24.4. The Labute approximate surface area is 197 Å². The molecule has 0 fully saturated rings. The van der Waals surface area contributed by atoms with E-state index >= 15 is 0 Å². The van der Waals surface area contributed by atoms with Crippen molar-refractivity contribution in [2.24, 2.45) is 0 Å². The molecule has 1 atom stereocenters. The second kappa shape index (κ2) is 12.7. The summed E-state index contributed by atoms with van der Waals surface area (Å²) in [6.45, 7) is 8.84. The Morgan fingerprint density at radius 3 is 2.30 bits per heavy atom. The third-order valence-corrected chi connectivity index (χ3v) is 5.86. The van der Waals surface area contributed by atoms with Crippen molar-refractivity contribution in [3.63, 3.8) is 0 Å². The van der Waals surface area contributed by atoms with Gasteiger partial charge in [0.05, 0.1) is 14.2 Å². The Balaban J connectivity index is 1.90. The minimum Gasteiger partial charge on any atom is -0.493 e. The summed E-state index contributed by atoms with van der Waals surface area (Å²) in [5.74, 6) is 1.26. The van der Waals surface area contributed by atoms with E-state index in [4.69, 9.17) is 9.47 Å². The van der Waals surface area contributed by atoms with E-state index < -0.39 is 0 Å². The van der Waals surface area contributed by atoms with Crippen LogP contribution in [-0.2, 0) is 11.2 Å². The van der Waals surface area contributed by atoms with Crippen LogP contribution in [0.2, 0.25) is 0 Å². The molecule has 33 heavy (non-hydrogen) atoms. The lowest BCUT2D eigenvalue weighted by Crippen LogP contribution is -2.43. The first-order valence-electron chi connectivity index (χ1n) is 11.4. The van der Waals surface area contributed by atoms with Gasteiger partial charge in [-0.05, 0) is 62.4 Å². The first-order chi connectivity index (χ1) is 15.8. The maximum Gasteiger partial charge on any atom is 0.322 e. The van der Waals surface area contributed by atoms with E-state index in [-0.39, 0.29) is 24.4 Å². The smallest absolute Gasteiger partial charge is 0.322 e. The molecule has 0 aliphatic rings. The number of nitrogens with zero attached hydrogens (tertiary/aromatic N) is 1. The van der Waals surface area contributed by atoms with Gasteiger partial charge < -0.3 is 25.0 Å². The Morgan fingerprint density at radius 1 is 1.03 bits per heavy atom. The van der Waals surface area contributed by atoms with Crippen molar-refractivity contribution in [1.29, 1.82) is 0 Å². The van der Waals surface area contributed by atoms with Crippen LogP contribution in [0.3, 0.4) is 0 Å². The second-order valence-corrected chi connectivity index (χ2v) is 8.19. The Bertz CT molecular complexity index is 925. The average molecular weight is 456 g/mol. The second-order valence-electron chi connectivity index (χ2n) is 8.19. The van der Waals surface area contributed by atoms with Crippen LogP contribution in [0, 0.1) is 13.8 Å². The van der Waals surface area contributed by atoms with Gasteiger partial charge in [-0.3, -0.25) is 4.79 Å². The molecule has 0 saturated carbocycles. The number of benzene rings is 2. The number of para-hydroxylation sites is 1. The van der Waals surface area contributed by atoms with Gasteiger partial charge in [-0.1, -0.05) is 31.2 Å². The fraction of sp³-hybridized carbons (Fsp3) is 0.462. The number of rotatable bonds is 11. The van der Waals surface area contributed by atoms with Gasteiger partial charge in [0.2, 0.25) is 5.91 Å². The number of hydrogen-bond donors (Lipinski definition) is 2. The standard InChI is InChI=1S/C26H37N3O4/c1-7-20(4)29(26(31)28-25-18(2)9-8-10-19(25)3)16-14-24(30)27-15-13-21-11-12-22(32-5)23(17-21)33-6/h8-12,17,20H,7,13-16H2,1-6H3,(H,27,30)(H,28,31). The van der Waals surface area contributed by atoms with E-state index in [0.717, 1.165) is 28.8 Å². The van der Waals surface area contributed by atoms with E-state index in [2.05, 4.69) is 10.6 Å². The predicted molar refractivity (Wildman–Crippen MR) is 132 cm³/mol. The van der Waals surface area contributed by atoms with E-state index in [0.29, 0.717) is 31.0 Å². The largest absolute Gasteiger partial charge is 0.493 e. The molecule has 180 valence electrons. The van der Waals surface area contributed by atoms with Gasteiger partial charge in [0.1, 0.15) is 0 Å². The number of carbonyl (C=O) groups is 2. The number of urea groups is 1. The maximum absolute atomic E-state index is 13.0. The molecule has 2 N–H and O–H groups in total. The third-order valence-electron chi connectivity index (χ3n) is 5.86. The molecule has 0 aliphatic heterocycles. The van der Waals surface area contributed by atoms with Crippen molar-refractivity contribution in [3.05, 3.63) is 53.1 Å². The summed E-state index contributed by atoms with van der Waals surface area (Å²) in [4.78, 5) is 27.2. The predicted octanol–water partition coefficient (Wildman–Crippen LogP) is 4.70. The van der Waals surface area contributed by atoms with Gasteiger partial charge in [-0.15, -0.1) is 0 Å². The fourth-order valence-electron chi connectivity index (χ4n) is 3.63. The van der Waals surface area contributed by atoms with Crippen LogP contribution in [0.5, 0.6) is 11.5 Å². The minimum absolute atomic E-state index is 0.0221. The SMILES string of the molecule is CCC(C)N(CCC(=O)NCCc1ccc(OC)c(OC)c1)C(=O)Nc1c(C)cccc1C. The van der Waals surface area contributed by atoms with E-state index in [1.807, 2.05) is 64.1 Å². The van der Waals surface area contributed by atoms with Crippen LogP contribution in [0.4, 0.5) is 10.5 Å². The number of methoxy groups -OCH3 is 2. The summed E-state index contributed by atoms with van der Waals surface area (Å²) < 4.78 is 10.6. The highest BCUT2D eigenvalue weighted by molar-refractivity contribution is 5.91. The molecule has 0 spiro atoms. The van der Waals surface area contributed by atoms with Crippen molar-refractivity contribution >= 4 is 17.6 Å². The summed E-state index contributed by atoms with van der Waals surface area (Å²) in [7, 11) is 3.20. The van der Waals surface area contributed by atoms with Crippen molar-refractivity contribution in [1.82, 2.24) is 10.2 Å². The number of carbonyl (C=O) groups excluding carboxylic acids is 2. The van der Waals surface area contributed by atoms with E-state index in [1.54, 1.807) is 19.1 Å². The van der Waals surface area contributed by atoms with Crippen molar-refractivity contribution < 1.29 is 19.1 Å². The van der Waals surface area contributed by atoms with Gasteiger partial charge in [0, 0.05) is 31.2 Å². The molecule has 0 saturated heterocycles. The normalized spacial score (nSPS) is 11.5. The zero-order valence-corrected chi connectivity index (χ0v) is 20.7. The zero-order valence-electron chi connectivity index (χ0n) is 20.7. The van der Waals surface area contributed by atoms with Crippen LogP contribution >= 0.6 is 0 Å². The maximum atomic E-state index is 13.0. The molecular formula is C26H37N3O4. The van der Waals surface area contributed by atoms with Crippen molar-refractivity contribution in [3.8, 4) is 11.5 Å². The molecule has 3 amide bonds. The van der Waals surface area contributed by atoms with Crippen LogP contribution < -0.4 is 20.1 Å². The van der Waals surface area contributed by atoms with Crippen molar-refractivity contribution in [2.45, 2.75) is 53.0 Å². The van der Waals surface area contributed by atoms with Gasteiger partial charge in [0.25, 0.3) is 0 Å². The fourth-order valence-corrected chi connectivity index (χ4v) is 3.63. The molecule has 0 aromatic heterocycles. The number of aryl methyl sites for hydroxylation is 2. The molecule has 7 nitrogen and oxygen atoms in total. The first-order valence-corrected chi connectivity index (χ1v) is 11.4. The van der Waals surface area contributed by atoms with Crippen LogP contribution in [-0.4, -0.2) is 50.2 Å². The minimum atomic E-state index is -0.181. The van der Waals surface area contributed by atoms with Gasteiger partial charge in [0.15, 0.2) is 11.5 Å². The van der Waals surface area contributed by atoms with Gasteiger partial charge >= 0.3 is 6.03 Å². The number of anilines is 1. The highest BCUT2D eigenvalue weighted by Gasteiger charge is 2.21. The summed E-state index contributed by atoms with van der Waals surface area (Å²) in [5, 5.41) is 5.98. The van der Waals surface area contributed by atoms with Crippen LogP contribution in [0.15, 0.2) is 36.4 Å². The van der Waals surface area contributed by atoms with Gasteiger partial charge in [-0.2, -0.15) is 0 Å². The molecule has 0 bridgehead atoms. The Morgan fingerprint density at radius 2 is 1.70 bits per heavy atom. The summed E-state index contributed by atoms with van der Waals surface area (Å²) >= 11 is 0. The quantitative estimate of drug-likeness (QED) is 0.515. The summed E-state index contributed by atoms with van der Waals surface area (Å²) in [6.07, 6.45) is 1.73. The Kier molecular flexibility index (Phi) is 10.0. The van der Waals surface area contributed by atoms with Crippen LogP contribution in [0.1, 0.15) is 43.4 Å². The number of hydrogen-bond acceptors (Lipinski definition) is 4. The summed E-state index contributed by atoms with van der Waals surface area (Å²) in [5.41, 5.74) is 3.90. The third kappa shape index (κ3) is 7.41. The van der Waals surface area contributed by atoms with Gasteiger partial charge in [-0.25, -0.2) is 4.79 Å². The molecule has 0 heterocycles. The van der Waals surface area contributed by atoms with Crippen LogP contribution in [0.25, 0.3) is 0 Å². The van der Waals surface area contributed by atoms with E-state index in [1.165, 1.54) is 0 Å². The monoisotopic (exact) mass is 455 g/mol. The van der Waals surface area contributed by atoms with Crippen molar-refractivity contribution in [2.75, 3.05) is 32.6 Å². The van der Waals surface area contributed by atoms with E-state index in [9.17, 15) is 9.59 Å². The highest BCUT2D eigenvalue weighted by Crippen LogP contribution is 2.27. The topological polar surface area (TPSA) is 79.9 Å². The highest BCUT2D eigenvalue weighted by atomic mass is 16.5. The molecule has 1 unspecified atom stereocenters. The molecule has 7 heteroatoms. The lowest BCUT2D eigenvalue weighted by atomic mass is 10.1. The average Bonchev–Trinajstić information content (AvgIpc) is 2.81.